The number of fused-ring (bicyclic) bond motifs is 1. The molecule has 0 bridgehead atoms. The van der Waals surface area contributed by atoms with Crippen molar-refractivity contribution in [3.8, 4) is 0 Å². The van der Waals surface area contributed by atoms with Gasteiger partial charge >= 0.3 is 11.9 Å². The van der Waals surface area contributed by atoms with Crippen LogP contribution in [0, 0.1) is 0 Å². The van der Waals surface area contributed by atoms with E-state index in [0.717, 1.165) is 11.3 Å². The molecule has 3 amide bonds. The van der Waals surface area contributed by atoms with Crippen molar-refractivity contribution in [1.82, 2.24) is 15.2 Å². The van der Waals surface area contributed by atoms with E-state index in [9.17, 15) is 42.1 Å². The zero-order valence-corrected chi connectivity index (χ0v) is 25.9. The molecule has 0 radical (unpaired) electrons. The number of aliphatic carboxylic acids is 1. The molecular formula is C30H23F2N5O9S2. The van der Waals surface area contributed by atoms with E-state index in [1.54, 1.807) is 60.7 Å². The lowest BCUT2D eigenvalue weighted by atomic mass is 10.0. The fourth-order valence-corrected chi connectivity index (χ4v) is 7.14. The molecule has 48 heavy (non-hydrogen) atoms. The highest BCUT2D eigenvalue weighted by Crippen LogP contribution is 2.36. The summed E-state index contributed by atoms with van der Waals surface area (Å²) >= 11 is 0.906. The van der Waals surface area contributed by atoms with Crippen LogP contribution in [0.4, 0.5) is 13.9 Å². The number of aromatic nitrogens is 1. The second-order valence-electron chi connectivity index (χ2n) is 9.89. The number of hydrogen-bond acceptors (Lipinski definition) is 11. The van der Waals surface area contributed by atoms with Crippen LogP contribution in [0.25, 0.3) is 0 Å². The molecule has 3 N–H and O–H groups in total. The number of allylic oxidation sites excluding steroid dienone is 1. The Bertz CT molecular complexity index is 1820. The van der Waals surface area contributed by atoms with Crippen LogP contribution in [0.15, 0.2) is 94.6 Å². The first kappa shape index (κ1) is 33.7. The fraction of sp³-hybridized carbons (Fsp3) is 0.167. The van der Waals surface area contributed by atoms with Gasteiger partial charge in [-0.05, 0) is 11.1 Å². The molecule has 0 aliphatic carbocycles. The summed E-state index contributed by atoms with van der Waals surface area (Å²) in [5.74, 6) is -5.31. The van der Waals surface area contributed by atoms with Gasteiger partial charge in [-0.15, -0.1) is 11.3 Å². The normalized spacial score (nSPS) is 18.7. The summed E-state index contributed by atoms with van der Waals surface area (Å²) in [6.45, 7) is -0.770. The van der Waals surface area contributed by atoms with Crippen LogP contribution in [0.5, 0.6) is 0 Å². The van der Waals surface area contributed by atoms with Crippen LogP contribution in [0.1, 0.15) is 22.9 Å². The molecule has 2 aliphatic rings. The number of amides is 3. The quantitative estimate of drug-likeness (QED) is 0.0784. The Morgan fingerprint density at radius 1 is 1.12 bits per heavy atom. The average molecular weight is 700 g/mol. The summed E-state index contributed by atoms with van der Waals surface area (Å²) in [7, 11) is -2.09. The van der Waals surface area contributed by atoms with Gasteiger partial charge in [-0.3, -0.25) is 23.5 Å². The van der Waals surface area contributed by atoms with E-state index >= 15 is 0 Å². The second-order valence-corrected chi connectivity index (χ2v) is 12.3. The monoisotopic (exact) mass is 699 g/mol. The third-order valence-corrected chi connectivity index (χ3v) is 9.25. The number of hydrogen-bond donors (Lipinski definition) is 3. The Labute approximate surface area is 276 Å². The number of carboxylic acid groups (broad SMARTS) is 1. The standard InChI is InChI=1S/C30H23F2N5O9S2/c31-20(32)11-18-14-48(44)28-23(27(41)37(28)24(18)29(42)43)35-26(40)22(19-13-47-30(34-19)33-15-38)36-45-12-21(39)46-25(16-7-3-1-4-8-16)17-9-5-2-6-10-17/h1-11,13,15,23,25,28H,12,14H2,(H,35,40)(H,42,43)(H,33,34,38)/t23?,28-,48?/m0/s1. The summed E-state index contributed by atoms with van der Waals surface area (Å²) in [4.78, 5) is 71.8. The number of nitrogens with zero attached hydrogens (tertiary/aromatic N) is 3. The summed E-state index contributed by atoms with van der Waals surface area (Å²) < 4.78 is 44.4. The summed E-state index contributed by atoms with van der Waals surface area (Å²) in [6.07, 6.45) is -2.48. The van der Waals surface area contributed by atoms with Gasteiger partial charge in [-0.2, -0.15) is 8.78 Å². The number of nitrogens with one attached hydrogen (secondary N) is 2. The van der Waals surface area contributed by atoms with Crippen LogP contribution in [-0.2, 0) is 44.3 Å². The van der Waals surface area contributed by atoms with Gasteiger partial charge in [0.15, 0.2) is 16.9 Å². The van der Waals surface area contributed by atoms with Gasteiger partial charge < -0.3 is 25.3 Å². The Balaban J connectivity index is 1.34. The van der Waals surface area contributed by atoms with Crippen LogP contribution in [-0.4, -0.2) is 78.8 Å². The number of esters is 1. The third-order valence-electron chi connectivity index (χ3n) is 6.86. The van der Waals surface area contributed by atoms with Crippen molar-refractivity contribution in [2.24, 2.45) is 5.16 Å². The first-order valence-corrected chi connectivity index (χ1v) is 16.0. The highest BCUT2D eigenvalue weighted by Gasteiger charge is 2.57. The number of carbonyl (C=O) groups is 5. The maximum absolute atomic E-state index is 13.4. The first-order chi connectivity index (χ1) is 23.1. The third kappa shape index (κ3) is 7.34. The van der Waals surface area contributed by atoms with Gasteiger partial charge in [0.25, 0.3) is 17.9 Å². The molecule has 1 aromatic heterocycles. The molecule has 5 rings (SSSR count). The van der Waals surface area contributed by atoms with Crippen molar-refractivity contribution in [1.29, 1.82) is 0 Å². The number of thiazole rings is 1. The maximum atomic E-state index is 13.4. The largest absolute Gasteiger partial charge is 0.477 e. The maximum Gasteiger partial charge on any atom is 0.352 e. The van der Waals surface area contributed by atoms with E-state index in [2.05, 4.69) is 20.8 Å². The van der Waals surface area contributed by atoms with Gasteiger partial charge in [0.1, 0.15) is 22.8 Å². The van der Waals surface area contributed by atoms with Gasteiger partial charge in [-0.1, -0.05) is 65.8 Å². The van der Waals surface area contributed by atoms with Crippen molar-refractivity contribution < 1.29 is 51.6 Å². The molecule has 2 unspecified atom stereocenters. The van der Waals surface area contributed by atoms with Gasteiger partial charge in [0.05, 0.1) is 16.6 Å². The average Bonchev–Trinajstić information content (AvgIpc) is 3.52. The lowest BCUT2D eigenvalue weighted by Crippen LogP contribution is -2.74. The lowest BCUT2D eigenvalue weighted by Gasteiger charge is -2.48. The molecular weight excluding hydrogens is 676 g/mol. The number of anilines is 1. The molecule has 3 heterocycles. The van der Waals surface area contributed by atoms with Crippen molar-refractivity contribution >= 4 is 63.1 Å². The zero-order chi connectivity index (χ0) is 34.4. The molecule has 3 atom stereocenters. The van der Waals surface area contributed by atoms with Crippen LogP contribution < -0.4 is 10.6 Å². The number of carbonyl (C=O) groups excluding carboxylic acids is 4. The predicted molar refractivity (Wildman–Crippen MR) is 166 cm³/mol. The number of benzene rings is 2. The minimum atomic E-state index is -2.25. The predicted octanol–water partition coefficient (Wildman–Crippen LogP) is 2.30. The number of oxime groups is 1. The molecule has 2 aliphatic heterocycles. The number of β-lactam (4-membered cyclic amide) rings is 1. The minimum Gasteiger partial charge on any atom is -0.477 e. The topological polar surface area (TPSA) is 194 Å². The summed E-state index contributed by atoms with van der Waals surface area (Å²) in [5.41, 5.74) is -0.658. The Morgan fingerprint density at radius 2 is 1.77 bits per heavy atom. The zero-order valence-electron chi connectivity index (χ0n) is 24.3. The van der Waals surface area contributed by atoms with Gasteiger partial charge in [0.2, 0.25) is 13.0 Å². The van der Waals surface area contributed by atoms with E-state index in [-0.39, 0.29) is 16.9 Å². The number of rotatable bonds is 13. The number of carboxylic acids is 1. The summed E-state index contributed by atoms with van der Waals surface area (Å²) in [6, 6.07) is 16.3. The minimum absolute atomic E-state index is 0.0599. The SMILES string of the molecule is O=CNc1nc(C(=NOCC(=O)OC(c2ccccc2)c2ccccc2)C(=O)NC2C(=O)N3C(C(=O)O)=C(C=C(F)F)CS(=O)[C@@H]23)cs1. The number of ether oxygens (including phenoxy) is 1. The molecule has 0 spiro atoms. The van der Waals surface area contributed by atoms with E-state index in [1.807, 2.05) is 0 Å². The van der Waals surface area contributed by atoms with Gasteiger partial charge in [0, 0.05) is 17.0 Å². The Hall–Kier alpha value is -5.62. The van der Waals surface area contributed by atoms with E-state index in [4.69, 9.17) is 9.57 Å². The molecule has 1 fully saturated rings. The van der Waals surface area contributed by atoms with E-state index in [1.165, 1.54) is 5.38 Å². The Morgan fingerprint density at radius 3 is 2.35 bits per heavy atom. The van der Waals surface area contributed by atoms with Crippen molar-refractivity contribution in [2.75, 3.05) is 17.7 Å². The number of halogens is 2. The summed E-state index contributed by atoms with van der Waals surface area (Å²) in [5, 5.41) is 17.9. The van der Waals surface area contributed by atoms with Crippen LogP contribution >= 0.6 is 11.3 Å². The van der Waals surface area contributed by atoms with E-state index < -0.39 is 87.5 Å². The molecule has 2 aromatic carbocycles. The van der Waals surface area contributed by atoms with Crippen LogP contribution in [0.3, 0.4) is 0 Å². The van der Waals surface area contributed by atoms with Gasteiger partial charge in [-0.25, -0.2) is 14.6 Å². The fourth-order valence-electron chi connectivity index (χ4n) is 4.86. The molecule has 3 aromatic rings. The van der Waals surface area contributed by atoms with Crippen molar-refractivity contribution in [2.45, 2.75) is 17.5 Å². The molecule has 14 nitrogen and oxygen atoms in total. The van der Waals surface area contributed by atoms with E-state index in [0.29, 0.717) is 22.4 Å². The first-order valence-electron chi connectivity index (χ1n) is 13.7. The molecule has 18 heteroatoms. The highest BCUT2D eigenvalue weighted by atomic mass is 32.2. The van der Waals surface area contributed by atoms with Crippen molar-refractivity contribution in [3.05, 3.63) is 106 Å². The highest BCUT2D eigenvalue weighted by molar-refractivity contribution is 7.86. The van der Waals surface area contributed by atoms with Crippen LogP contribution in [0.2, 0.25) is 0 Å². The molecule has 0 saturated carbocycles. The smallest absolute Gasteiger partial charge is 0.352 e. The second kappa shape index (κ2) is 14.9. The molecule has 1 saturated heterocycles. The lowest BCUT2D eigenvalue weighted by molar-refractivity contribution is -0.153. The van der Waals surface area contributed by atoms with Crippen molar-refractivity contribution in [3.63, 3.8) is 0 Å². The molecule has 248 valence electrons. The Kier molecular flexibility index (Phi) is 10.4.